The van der Waals surface area contributed by atoms with Gasteiger partial charge < -0.3 is 14.4 Å². The van der Waals surface area contributed by atoms with Gasteiger partial charge in [0.15, 0.2) is 0 Å². The van der Waals surface area contributed by atoms with Crippen molar-refractivity contribution < 1.29 is 9.52 Å². The SMILES string of the molecule is Cc1cc(CN2CCCC(CN3CCC(CO)CC3)C2)oc(=O)c1. The number of aryl methyl sites for hydroxylation is 1. The Morgan fingerprint density at radius 1 is 1.12 bits per heavy atom. The second-order valence-electron chi connectivity index (χ2n) is 7.59. The highest BCUT2D eigenvalue weighted by Gasteiger charge is 2.25. The van der Waals surface area contributed by atoms with Crippen LogP contribution < -0.4 is 5.63 Å². The van der Waals surface area contributed by atoms with E-state index in [1.807, 2.05) is 13.0 Å². The number of aliphatic hydroxyl groups excluding tert-OH is 1. The fourth-order valence-corrected chi connectivity index (χ4v) is 4.13. The van der Waals surface area contributed by atoms with Crippen molar-refractivity contribution in [2.45, 2.75) is 39.2 Å². The van der Waals surface area contributed by atoms with Crippen LogP contribution in [0.25, 0.3) is 0 Å². The van der Waals surface area contributed by atoms with Crippen LogP contribution >= 0.6 is 0 Å². The lowest BCUT2D eigenvalue weighted by Crippen LogP contribution is -2.43. The Hall–Kier alpha value is -1.17. The fourth-order valence-electron chi connectivity index (χ4n) is 4.13. The number of hydrogen-bond donors (Lipinski definition) is 1. The summed E-state index contributed by atoms with van der Waals surface area (Å²) in [5.41, 5.74) is 0.729. The van der Waals surface area contributed by atoms with Gasteiger partial charge in [-0.05, 0) is 75.7 Å². The lowest BCUT2D eigenvalue weighted by Gasteiger charge is -2.37. The molecule has 24 heavy (non-hydrogen) atoms. The number of likely N-dealkylation sites (tertiary alicyclic amines) is 2. The average molecular weight is 334 g/mol. The molecule has 0 bridgehead atoms. The van der Waals surface area contributed by atoms with E-state index in [9.17, 15) is 9.90 Å². The monoisotopic (exact) mass is 334 g/mol. The largest absolute Gasteiger partial charge is 0.426 e. The smallest absolute Gasteiger partial charge is 0.336 e. The van der Waals surface area contributed by atoms with Crippen LogP contribution in [0, 0.1) is 18.8 Å². The lowest BCUT2D eigenvalue weighted by atomic mass is 9.94. The highest BCUT2D eigenvalue weighted by Crippen LogP contribution is 2.22. The van der Waals surface area contributed by atoms with Gasteiger partial charge in [0, 0.05) is 25.8 Å². The minimum atomic E-state index is -0.245. The lowest BCUT2D eigenvalue weighted by molar-refractivity contribution is 0.0882. The van der Waals surface area contributed by atoms with Gasteiger partial charge in [0.25, 0.3) is 0 Å². The summed E-state index contributed by atoms with van der Waals surface area (Å²) >= 11 is 0. The summed E-state index contributed by atoms with van der Waals surface area (Å²) in [4.78, 5) is 16.5. The molecule has 2 saturated heterocycles. The molecule has 2 aliphatic rings. The summed E-state index contributed by atoms with van der Waals surface area (Å²) in [5, 5.41) is 9.26. The number of nitrogens with zero attached hydrogens (tertiary/aromatic N) is 2. The summed E-state index contributed by atoms with van der Waals surface area (Å²) in [6, 6.07) is 3.52. The topological polar surface area (TPSA) is 56.9 Å². The minimum absolute atomic E-state index is 0.245. The fraction of sp³-hybridized carbons (Fsp3) is 0.737. The summed E-state index contributed by atoms with van der Waals surface area (Å²) in [5.74, 6) is 1.98. The van der Waals surface area contributed by atoms with Crippen LogP contribution in [0.2, 0.25) is 0 Å². The Balaban J connectivity index is 1.50. The van der Waals surface area contributed by atoms with Crippen LogP contribution in [-0.4, -0.2) is 54.2 Å². The van der Waals surface area contributed by atoms with Gasteiger partial charge in [-0.15, -0.1) is 0 Å². The molecule has 134 valence electrons. The third kappa shape index (κ3) is 4.91. The van der Waals surface area contributed by atoms with Gasteiger partial charge in [-0.25, -0.2) is 4.79 Å². The second kappa shape index (κ2) is 8.28. The molecule has 3 heterocycles. The van der Waals surface area contributed by atoms with E-state index in [-0.39, 0.29) is 5.63 Å². The molecule has 0 spiro atoms. The van der Waals surface area contributed by atoms with E-state index in [0.717, 1.165) is 63.4 Å². The van der Waals surface area contributed by atoms with Crippen LogP contribution in [0.15, 0.2) is 21.3 Å². The molecule has 0 aromatic carbocycles. The first-order chi connectivity index (χ1) is 11.6. The van der Waals surface area contributed by atoms with Crippen molar-refractivity contribution in [1.82, 2.24) is 9.80 Å². The quantitative estimate of drug-likeness (QED) is 0.891. The third-order valence-electron chi connectivity index (χ3n) is 5.43. The maximum Gasteiger partial charge on any atom is 0.336 e. The van der Waals surface area contributed by atoms with Crippen LogP contribution in [-0.2, 0) is 6.54 Å². The van der Waals surface area contributed by atoms with Crippen LogP contribution in [0.3, 0.4) is 0 Å². The predicted molar refractivity (Wildman–Crippen MR) is 94.0 cm³/mol. The van der Waals surface area contributed by atoms with E-state index < -0.39 is 0 Å². The van der Waals surface area contributed by atoms with Crippen LogP contribution in [0.5, 0.6) is 0 Å². The molecule has 0 aliphatic carbocycles. The number of aliphatic hydroxyl groups is 1. The van der Waals surface area contributed by atoms with E-state index in [1.54, 1.807) is 6.07 Å². The normalized spacial score (nSPS) is 24.3. The third-order valence-corrected chi connectivity index (χ3v) is 5.43. The summed E-state index contributed by atoms with van der Waals surface area (Å²) in [6.45, 7) is 8.58. The summed E-state index contributed by atoms with van der Waals surface area (Å²) < 4.78 is 5.34. The zero-order valence-electron chi connectivity index (χ0n) is 14.7. The zero-order valence-corrected chi connectivity index (χ0v) is 14.7. The van der Waals surface area contributed by atoms with Crippen LogP contribution in [0.4, 0.5) is 0 Å². The van der Waals surface area contributed by atoms with Crippen molar-refractivity contribution in [3.05, 3.63) is 33.9 Å². The van der Waals surface area contributed by atoms with Crippen molar-refractivity contribution in [1.29, 1.82) is 0 Å². The predicted octanol–water partition coefficient (Wildman–Crippen LogP) is 1.86. The van der Waals surface area contributed by atoms with Gasteiger partial charge in [-0.2, -0.15) is 0 Å². The van der Waals surface area contributed by atoms with Crippen molar-refractivity contribution >= 4 is 0 Å². The maximum absolute atomic E-state index is 11.5. The van der Waals surface area contributed by atoms with Gasteiger partial charge in [0.2, 0.25) is 0 Å². The molecule has 5 nitrogen and oxygen atoms in total. The van der Waals surface area contributed by atoms with Gasteiger partial charge in [0.1, 0.15) is 5.76 Å². The zero-order chi connectivity index (χ0) is 16.9. The standard InChI is InChI=1S/C19H30N2O3/c1-15-9-18(24-19(23)10-15)13-21-6-2-3-17(12-21)11-20-7-4-16(14-22)5-8-20/h9-10,16-17,22H,2-8,11-14H2,1H3. The molecule has 1 aromatic rings. The molecule has 0 radical (unpaired) electrons. The van der Waals surface area contributed by atoms with E-state index in [4.69, 9.17) is 4.42 Å². The molecule has 2 fully saturated rings. The minimum Gasteiger partial charge on any atom is -0.426 e. The molecular weight excluding hydrogens is 304 g/mol. The van der Waals surface area contributed by atoms with E-state index in [2.05, 4.69) is 9.80 Å². The maximum atomic E-state index is 11.5. The van der Waals surface area contributed by atoms with Gasteiger partial charge in [-0.3, -0.25) is 4.90 Å². The first-order valence-electron chi connectivity index (χ1n) is 9.28. The summed E-state index contributed by atoms with van der Waals surface area (Å²) in [7, 11) is 0. The van der Waals surface area contributed by atoms with E-state index in [0.29, 0.717) is 18.4 Å². The van der Waals surface area contributed by atoms with Crippen molar-refractivity contribution in [3.63, 3.8) is 0 Å². The molecule has 2 aliphatic heterocycles. The van der Waals surface area contributed by atoms with E-state index >= 15 is 0 Å². The average Bonchev–Trinajstić information content (AvgIpc) is 2.55. The highest BCUT2D eigenvalue weighted by atomic mass is 16.4. The summed E-state index contributed by atoms with van der Waals surface area (Å²) in [6.07, 6.45) is 4.75. The first-order valence-corrected chi connectivity index (χ1v) is 9.28. The second-order valence-corrected chi connectivity index (χ2v) is 7.59. The number of rotatable bonds is 5. The molecule has 1 N–H and O–H groups in total. The van der Waals surface area contributed by atoms with E-state index in [1.165, 1.54) is 12.8 Å². The highest BCUT2D eigenvalue weighted by molar-refractivity contribution is 5.11. The Labute approximate surface area is 144 Å². The Morgan fingerprint density at radius 3 is 2.62 bits per heavy atom. The molecular formula is C19H30N2O3. The number of piperidine rings is 2. The molecule has 0 saturated carbocycles. The van der Waals surface area contributed by atoms with Gasteiger partial charge in [0.05, 0.1) is 6.54 Å². The van der Waals surface area contributed by atoms with Gasteiger partial charge >= 0.3 is 5.63 Å². The van der Waals surface area contributed by atoms with Crippen LogP contribution in [0.1, 0.15) is 37.0 Å². The molecule has 1 atom stereocenters. The van der Waals surface area contributed by atoms with Crippen molar-refractivity contribution in [2.24, 2.45) is 11.8 Å². The molecule has 0 amide bonds. The molecule has 3 rings (SSSR count). The van der Waals surface area contributed by atoms with Crippen molar-refractivity contribution in [3.8, 4) is 0 Å². The van der Waals surface area contributed by atoms with Gasteiger partial charge in [-0.1, -0.05) is 0 Å². The molecule has 1 aromatic heterocycles. The number of hydrogen-bond acceptors (Lipinski definition) is 5. The Kier molecular flexibility index (Phi) is 6.09. The Bertz CT molecular complexity index is 578. The molecule has 5 heteroatoms. The molecule has 1 unspecified atom stereocenters. The first kappa shape index (κ1) is 17.6. The van der Waals surface area contributed by atoms with Crippen molar-refractivity contribution in [2.75, 3.05) is 39.3 Å². The Morgan fingerprint density at radius 2 is 1.92 bits per heavy atom.